The Morgan fingerprint density at radius 2 is 1.92 bits per heavy atom. The molecule has 24 heavy (non-hydrogen) atoms. The Balaban J connectivity index is 1.41. The van der Waals surface area contributed by atoms with Crippen LogP contribution in [0.3, 0.4) is 0 Å². The fourth-order valence-electron chi connectivity index (χ4n) is 4.09. The Morgan fingerprint density at radius 1 is 1.08 bits per heavy atom. The predicted molar refractivity (Wildman–Crippen MR) is 102 cm³/mol. The molecule has 3 nitrogen and oxygen atoms in total. The summed E-state index contributed by atoms with van der Waals surface area (Å²) in [5.41, 5.74) is 2.61. The Bertz CT molecular complexity index is 509. The second kappa shape index (κ2) is 8.75. The van der Waals surface area contributed by atoms with Crippen molar-refractivity contribution in [2.24, 2.45) is 5.92 Å². The number of hydrogen-bond donors (Lipinski definition) is 0. The van der Waals surface area contributed by atoms with E-state index in [4.69, 9.17) is 4.74 Å². The molecule has 0 N–H and O–H groups in total. The minimum absolute atomic E-state index is 0.818. The van der Waals surface area contributed by atoms with Gasteiger partial charge in [-0.3, -0.25) is 0 Å². The van der Waals surface area contributed by atoms with E-state index in [1.165, 1.54) is 69.4 Å². The van der Waals surface area contributed by atoms with E-state index >= 15 is 0 Å². The van der Waals surface area contributed by atoms with Gasteiger partial charge in [-0.2, -0.15) is 0 Å². The van der Waals surface area contributed by atoms with E-state index in [0.29, 0.717) is 0 Å². The molecule has 2 aliphatic rings. The fourth-order valence-corrected chi connectivity index (χ4v) is 4.09. The van der Waals surface area contributed by atoms with Crippen LogP contribution in [0.5, 0.6) is 5.75 Å². The van der Waals surface area contributed by atoms with E-state index in [2.05, 4.69) is 41.8 Å². The van der Waals surface area contributed by atoms with Crippen LogP contribution < -0.4 is 9.64 Å². The number of likely N-dealkylation sites (tertiary alicyclic amines) is 1. The molecule has 2 heterocycles. The molecule has 1 saturated heterocycles. The molecule has 0 radical (unpaired) electrons. The van der Waals surface area contributed by atoms with Gasteiger partial charge >= 0.3 is 0 Å². The first kappa shape index (κ1) is 17.6. The van der Waals surface area contributed by atoms with Gasteiger partial charge in [0.25, 0.3) is 0 Å². The maximum atomic E-state index is 5.80. The number of ether oxygens (including phenoxy) is 1. The van der Waals surface area contributed by atoms with Crippen molar-refractivity contribution in [2.45, 2.75) is 52.4 Å². The molecule has 0 saturated carbocycles. The van der Waals surface area contributed by atoms with Crippen molar-refractivity contribution in [1.82, 2.24) is 4.90 Å². The molecular weight excluding hydrogens is 296 g/mol. The van der Waals surface area contributed by atoms with Gasteiger partial charge in [-0.05, 0) is 69.4 Å². The first-order valence-corrected chi connectivity index (χ1v) is 9.97. The number of rotatable bonds is 7. The van der Waals surface area contributed by atoms with Crippen LogP contribution in [0.25, 0.3) is 0 Å². The van der Waals surface area contributed by atoms with E-state index in [1.807, 2.05) is 0 Å². The maximum Gasteiger partial charge on any atom is 0.142 e. The molecule has 0 amide bonds. The van der Waals surface area contributed by atoms with Crippen molar-refractivity contribution in [3.63, 3.8) is 0 Å². The van der Waals surface area contributed by atoms with Gasteiger partial charge in [-0.1, -0.05) is 32.3 Å². The molecule has 0 bridgehead atoms. The van der Waals surface area contributed by atoms with Crippen molar-refractivity contribution in [1.29, 1.82) is 0 Å². The summed E-state index contributed by atoms with van der Waals surface area (Å²) in [5.74, 6) is 2.05. The van der Waals surface area contributed by atoms with Gasteiger partial charge < -0.3 is 14.5 Å². The summed E-state index contributed by atoms with van der Waals surface area (Å²) in [6, 6.07) is 6.54. The molecule has 0 aromatic heterocycles. The van der Waals surface area contributed by atoms with E-state index in [0.717, 1.165) is 31.4 Å². The lowest BCUT2D eigenvalue weighted by molar-refractivity contribution is 0.176. The third-order valence-corrected chi connectivity index (χ3v) is 5.65. The summed E-state index contributed by atoms with van der Waals surface area (Å²) >= 11 is 0. The van der Waals surface area contributed by atoms with Crippen LogP contribution in [0.1, 0.15) is 51.0 Å². The highest BCUT2D eigenvalue weighted by atomic mass is 16.5. The summed E-state index contributed by atoms with van der Waals surface area (Å²) in [6.07, 6.45) is 8.31. The normalized spacial score (nSPS) is 19.2. The summed E-state index contributed by atoms with van der Waals surface area (Å²) in [5, 5.41) is 0. The predicted octanol–water partition coefficient (Wildman–Crippen LogP) is 4.49. The average Bonchev–Trinajstić information content (AvgIpc) is 2.61. The highest BCUT2D eigenvalue weighted by Crippen LogP contribution is 2.32. The Kier molecular flexibility index (Phi) is 6.42. The smallest absolute Gasteiger partial charge is 0.142 e. The van der Waals surface area contributed by atoms with Crippen LogP contribution in [0.4, 0.5) is 5.69 Å². The van der Waals surface area contributed by atoms with Crippen LogP contribution >= 0.6 is 0 Å². The average molecular weight is 331 g/mol. The standard InChI is InChI=1S/C21H34N2O/c1-3-4-6-19-9-13-22(14-10-19)11-5-12-23-15-16-24-21-8-7-18(2)17-20(21)23/h7-8,17,19H,3-6,9-16H2,1-2H3. The molecule has 1 aromatic rings. The number of benzene rings is 1. The van der Waals surface area contributed by atoms with Crippen LogP contribution in [0.2, 0.25) is 0 Å². The zero-order chi connectivity index (χ0) is 16.8. The molecule has 0 aliphatic carbocycles. The van der Waals surface area contributed by atoms with Crippen molar-refractivity contribution in [2.75, 3.05) is 44.2 Å². The lowest BCUT2D eigenvalue weighted by atomic mass is 9.91. The quantitative estimate of drug-likeness (QED) is 0.733. The highest BCUT2D eigenvalue weighted by molar-refractivity contribution is 5.61. The van der Waals surface area contributed by atoms with Crippen LogP contribution in [-0.2, 0) is 0 Å². The lowest BCUT2D eigenvalue weighted by Crippen LogP contribution is -2.38. The van der Waals surface area contributed by atoms with Crippen molar-refractivity contribution in [3.05, 3.63) is 23.8 Å². The van der Waals surface area contributed by atoms with Gasteiger partial charge in [-0.15, -0.1) is 0 Å². The molecular formula is C21H34N2O. The summed E-state index contributed by atoms with van der Waals surface area (Å²) < 4.78 is 5.80. The number of hydrogen-bond acceptors (Lipinski definition) is 3. The van der Waals surface area contributed by atoms with Gasteiger partial charge in [0, 0.05) is 6.54 Å². The second-order valence-corrected chi connectivity index (χ2v) is 7.59. The number of unbranched alkanes of at least 4 members (excludes halogenated alkanes) is 1. The van der Waals surface area contributed by atoms with Crippen LogP contribution in [-0.4, -0.2) is 44.2 Å². The molecule has 3 heteroatoms. The highest BCUT2D eigenvalue weighted by Gasteiger charge is 2.20. The van der Waals surface area contributed by atoms with Crippen LogP contribution in [0.15, 0.2) is 18.2 Å². The summed E-state index contributed by atoms with van der Waals surface area (Å²) in [7, 11) is 0. The molecule has 1 fully saturated rings. The first-order chi connectivity index (χ1) is 11.8. The van der Waals surface area contributed by atoms with E-state index in [-0.39, 0.29) is 0 Å². The van der Waals surface area contributed by atoms with Crippen molar-refractivity contribution >= 4 is 5.69 Å². The third-order valence-electron chi connectivity index (χ3n) is 5.65. The Morgan fingerprint density at radius 3 is 2.71 bits per heavy atom. The molecule has 0 atom stereocenters. The number of nitrogens with zero attached hydrogens (tertiary/aromatic N) is 2. The Labute approximate surface area is 148 Å². The zero-order valence-electron chi connectivity index (χ0n) is 15.6. The number of fused-ring (bicyclic) bond motifs is 1. The van der Waals surface area contributed by atoms with Gasteiger partial charge in [0.15, 0.2) is 0 Å². The second-order valence-electron chi connectivity index (χ2n) is 7.59. The monoisotopic (exact) mass is 330 g/mol. The van der Waals surface area contributed by atoms with Gasteiger partial charge in [-0.25, -0.2) is 0 Å². The van der Waals surface area contributed by atoms with Gasteiger partial charge in [0.2, 0.25) is 0 Å². The minimum Gasteiger partial charge on any atom is -0.490 e. The van der Waals surface area contributed by atoms with Crippen LogP contribution in [0, 0.1) is 12.8 Å². The van der Waals surface area contributed by atoms with E-state index in [9.17, 15) is 0 Å². The molecule has 0 spiro atoms. The molecule has 0 unspecified atom stereocenters. The Hall–Kier alpha value is -1.22. The van der Waals surface area contributed by atoms with E-state index < -0.39 is 0 Å². The van der Waals surface area contributed by atoms with Gasteiger partial charge in [0.05, 0.1) is 12.2 Å². The molecule has 134 valence electrons. The summed E-state index contributed by atoms with van der Waals surface area (Å²) in [4.78, 5) is 5.19. The fraction of sp³-hybridized carbons (Fsp3) is 0.714. The molecule has 1 aromatic carbocycles. The topological polar surface area (TPSA) is 15.7 Å². The lowest BCUT2D eigenvalue weighted by Gasteiger charge is -2.34. The largest absolute Gasteiger partial charge is 0.490 e. The zero-order valence-corrected chi connectivity index (χ0v) is 15.6. The first-order valence-electron chi connectivity index (χ1n) is 9.97. The summed E-state index contributed by atoms with van der Waals surface area (Å²) in [6.45, 7) is 11.3. The maximum absolute atomic E-state index is 5.80. The number of anilines is 1. The third kappa shape index (κ3) is 4.66. The molecule has 3 rings (SSSR count). The minimum atomic E-state index is 0.818. The SMILES string of the molecule is CCCCC1CCN(CCCN2CCOc3ccc(C)cc32)CC1. The number of aryl methyl sites for hydroxylation is 1. The number of piperidine rings is 1. The van der Waals surface area contributed by atoms with Crippen molar-refractivity contribution in [3.8, 4) is 5.75 Å². The van der Waals surface area contributed by atoms with Gasteiger partial charge in [0.1, 0.15) is 12.4 Å². The molecule has 2 aliphatic heterocycles. The van der Waals surface area contributed by atoms with Crippen molar-refractivity contribution < 1.29 is 4.74 Å². The van der Waals surface area contributed by atoms with E-state index in [1.54, 1.807) is 0 Å².